The Bertz CT molecular complexity index is 629. The lowest BCUT2D eigenvalue weighted by molar-refractivity contribution is -0.393. The Morgan fingerprint density at radius 2 is 1.95 bits per heavy atom. The lowest BCUT2D eigenvalue weighted by Gasteiger charge is -2.03. The second-order valence-electron chi connectivity index (χ2n) is 3.50. The van der Waals surface area contributed by atoms with Crippen LogP contribution in [0.3, 0.4) is 0 Å². The summed E-state index contributed by atoms with van der Waals surface area (Å²) >= 11 is 16.5. The van der Waals surface area contributed by atoms with Crippen LogP contribution in [0.4, 0.5) is 17.1 Å². The Labute approximate surface area is 133 Å². The highest BCUT2D eigenvalue weighted by Crippen LogP contribution is 2.28. The summed E-state index contributed by atoms with van der Waals surface area (Å²) in [6.07, 6.45) is 1.25. The van der Waals surface area contributed by atoms with Crippen molar-refractivity contribution in [3.8, 4) is 0 Å². The van der Waals surface area contributed by atoms with Crippen molar-refractivity contribution in [1.29, 1.82) is 0 Å². The van der Waals surface area contributed by atoms with Crippen molar-refractivity contribution < 1.29 is 9.85 Å². The molecule has 112 valence electrons. The van der Waals surface area contributed by atoms with Crippen LogP contribution in [0.25, 0.3) is 0 Å². The summed E-state index contributed by atoms with van der Waals surface area (Å²) in [5.74, 6) is -0.0449. The van der Waals surface area contributed by atoms with Gasteiger partial charge in [0.2, 0.25) is 0 Å². The minimum absolute atomic E-state index is 0.0349. The van der Waals surface area contributed by atoms with Gasteiger partial charge in [-0.15, -0.1) is 11.6 Å². The quantitative estimate of drug-likeness (QED) is 0.361. The fraction of sp³-hybridized carbons (Fsp3) is 0.100. The Morgan fingerprint density at radius 3 is 2.43 bits per heavy atom. The zero-order valence-electron chi connectivity index (χ0n) is 10.1. The van der Waals surface area contributed by atoms with Gasteiger partial charge in [0.05, 0.1) is 27.5 Å². The molecule has 0 atom stereocenters. The molecule has 0 radical (unpaired) electrons. The molecule has 1 aromatic rings. The second kappa shape index (κ2) is 7.77. The standard InChI is InChI=1S/C10H7Cl3N4O4/c11-5-6(3-10(12)13)14-15-8-2-1-7(16(18)19)4-9(8)17(20)21/h1-4,15H,5H2. The third-order valence-electron chi connectivity index (χ3n) is 2.12. The van der Waals surface area contributed by atoms with E-state index in [1.54, 1.807) is 0 Å². The number of nitrogens with one attached hydrogen (secondary N) is 1. The van der Waals surface area contributed by atoms with Crippen LogP contribution in [-0.4, -0.2) is 21.4 Å². The van der Waals surface area contributed by atoms with Crippen molar-refractivity contribution in [1.82, 2.24) is 0 Å². The summed E-state index contributed by atoms with van der Waals surface area (Å²) < 4.78 is -0.0885. The van der Waals surface area contributed by atoms with Gasteiger partial charge < -0.3 is 0 Å². The molecule has 0 aromatic heterocycles. The molecule has 21 heavy (non-hydrogen) atoms. The average Bonchev–Trinajstić information content (AvgIpc) is 2.42. The summed E-state index contributed by atoms with van der Waals surface area (Å²) in [5.41, 5.74) is 1.68. The lowest BCUT2D eigenvalue weighted by atomic mass is 10.2. The zero-order chi connectivity index (χ0) is 16.0. The summed E-state index contributed by atoms with van der Waals surface area (Å²) in [4.78, 5) is 20.0. The number of nitro benzene ring substituents is 2. The first-order chi connectivity index (χ1) is 9.85. The predicted octanol–water partition coefficient (Wildman–Crippen LogP) is 3.83. The fourth-order valence-electron chi connectivity index (χ4n) is 1.24. The number of hydrogen-bond acceptors (Lipinski definition) is 6. The Balaban J connectivity index is 3.13. The van der Waals surface area contributed by atoms with Crippen molar-refractivity contribution in [2.24, 2.45) is 5.10 Å². The van der Waals surface area contributed by atoms with Gasteiger partial charge in [0.25, 0.3) is 5.69 Å². The van der Waals surface area contributed by atoms with Gasteiger partial charge in [-0.2, -0.15) is 5.10 Å². The first-order valence-corrected chi connectivity index (χ1v) is 6.48. The third-order valence-corrected chi connectivity index (χ3v) is 2.61. The SMILES string of the molecule is O=[N+]([O-])c1ccc(NN=C(C=C(Cl)Cl)CCl)c([N+](=O)[O-])c1. The number of anilines is 1. The third kappa shape index (κ3) is 5.18. The molecule has 0 heterocycles. The van der Waals surface area contributed by atoms with Crippen molar-refractivity contribution in [2.75, 3.05) is 11.3 Å². The van der Waals surface area contributed by atoms with Gasteiger partial charge in [-0.25, -0.2) is 0 Å². The Hall–Kier alpha value is -1.90. The molecule has 0 aliphatic rings. The van der Waals surface area contributed by atoms with E-state index >= 15 is 0 Å². The first kappa shape index (κ1) is 17.2. The number of nitrogens with zero attached hydrogens (tertiary/aromatic N) is 3. The van der Waals surface area contributed by atoms with Crippen LogP contribution in [0.15, 0.2) is 33.9 Å². The summed E-state index contributed by atoms with van der Waals surface area (Å²) in [5, 5.41) is 25.3. The van der Waals surface area contributed by atoms with Crippen molar-refractivity contribution in [2.45, 2.75) is 0 Å². The number of alkyl halides is 1. The molecular weight excluding hydrogens is 346 g/mol. The molecule has 0 aliphatic heterocycles. The highest BCUT2D eigenvalue weighted by molar-refractivity contribution is 6.57. The van der Waals surface area contributed by atoms with Crippen LogP contribution in [0, 0.1) is 20.2 Å². The first-order valence-electron chi connectivity index (χ1n) is 5.19. The van der Waals surface area contributed by atoms with Gasteiger partial charge in [-0.05, 0) is 12.1 Å². The maximum Gasteiger partial charge on any atom is 0.301 e. The molecule has 0 amide bonds. The summed E-state index contributed by atoms with van der Waals surface area (Å²) in [6.45, 7) is 0. The Kier molecular flexibility index (Phi) is 6.35. The minimum atomic E-state index is -0.768. The van der Waals surface area contributed by atoms with E-state index in [-0.39, 0.29) is 21.8 Å². The van der Waals surface area contributed by atoms with Gasteiger partial charge in [0.1, 0.15) is 10.2 Å². The monoisotopic (exact) mass is 352 g/mol. The minimum Gasteiger partial charge on any atom is -0.271 e. The van der Waals surface area contributed by atoms with E-state index in [0.29, 0.717) is 0 Å². The van der Waals surface area contributed by atoms with Gasteiger partial charge >= 0.3 is 5.69 Å². The maximum atomic E-state index is 10.9. The van der Waals surface area contributed by atoms with E-state index in [2.05, 4.69) is 10.5 Å². The summed E-state index contributed by atoms with van der Waals surface area (Å²) in [7, 11) is 0. The maximum absolute atomic E-state index is 10.9. The number of allylic oxidation sites excluding steroid dienone is 1. The highest BCUT2D eigenvalue weighted by atomic mass is 35.5. The van der Waals surface area contributed by atoms with Crippen molar-refractivity contribution in [3.63, 3.8) is 0 Å². The molecule has 0 fully saturated rings. The van der Waals surface area contributed by atoms with E-state index in [0.717, 1.165) is 18.2 Å². The molecule has 0 aliphatic carbocycles. The number of hydrogen-bond donors (Lipinski definition) is 1. The number of non-ortho nitro benzene ring substituents is 1. The van der Waals surface area contributed by atoms with Crippen molar-refractivity contribution in [3.05, 3.63) is 49.0 Å². The van der Waals surface area contributed by atoms with Crippen LogP contribution in [0.2, 0.25) is 0 Å². The number of hydrazone groups is 1. The van der Waals surface area contributed by atoms with E-state index in [9.17, 15) is 20.2 Å². The predicted molar refractivity (Wildman–Crippen MR) is 81.3 cm³/mol. The van der Waals surface area contributed by atoms with Crippen LogP contribution >= 0.6 is 34.8 Å². The highest BCUT2D eigenvalue weighted by Gasteiger charge is 2.19. The summed E-state index contributed by atoms with van der Waals surface area (Å²) in [6, 6.07) is 3.09. The molecule has 1 aromatic carbocycles. The van der Waals surface area contributed by atoms with E-state index in [4.69, 9.17) is 34.8 Å². The van der Waals surface area contributed by atoms with Crippen LogP contribution in [-0.2, 0) is 0 Å². The zero-order valence-corrected chi connectivity index (χ0v) is 12.4. The number of nitro groups is 2. The molecule has 0 bridgehead atoms. The largest absolute Gasteiger partial charge is 0.301 e. The number of halogens is 3. The molecule has 0 unspecified atom stereocenters. The van der Waals surface area contributed by atoms with E-state index in [1.165, 1.54) is 6.08 Å². The molecule has 0 spiro atoms. The van der Waals surface area contributed by atoms with Gasteiger partial charge in [-0.3, -0.25) is 25.7 Å². The second-order valence-corrected chi connectivity index (χ2v) is 4.77. The number of rotatable bonds is 6. The normalized spacial score (nSPS) is 10.9. The van der Waals surface area contributed by atoms with Crippen LogP contribution in [0.1, 0.15) is 0 Å². The van der Waals surface area contributed by atoms with Crippen LogP contribution < -0.4 is 5.43 Å². The van der Waals surface area contributed by atoms with E-state index < -0.39 is 21.2 Å². The molecule has 0 saturated carbocycles. The number of benzene rings is 1. The fourth-order valence-corrected chi connectivity index (χ4v) is 1.63. The smallest absolute Gasteiger partial charge is 0.271 e. The average molecular weight is 354 g/mol. The molecule has 8 nitrogen and oxygen atoms in total. The lowest BCUT2D eigenvalue weighted by Crippen LogP contribution is -2.03. The molecule has 11 heteroatoms. The van der Waals surface area contributed by atoms with Gasteiger partial charge in [0, 0.05) is 6.07 Å². The van der Waals surface area contributed by atoms with Gasteiger partial charge in [0.15, 0.2) is 0 Å². The van der Waals surface area contributed by atoms with Gasteiger partial charge in [-0.1, -0.05) is 23.2 Å². The molecular formula is C10H7Cl3N4O4. The Morgan fingerprint density at radius 1 is 1.29 bits per heavy atom. The van der Waals surface area contributed by atoms with E-state index in [1.807, 2.05) is 0 Å². The van der Waals surface area contributed by atoms with Crippen LogP contribution in [0.5, 0.6) is 0 Å². The van der Waals surface area contributed by atoms with Crippen molar-refractivity contribution >= 4 is 57.6 Å². The molecule has 1 N–H and O–H groups in total. The topological polar surface area (TPSA) is 111 Å². The molecule has 0 saturated heterocycles. The molecule has 1 rings (SSSR count).